The Morgan fingerprint density at radius 2 is 1.69 bits per heavy atom. The van der Waals surface area contributed by atoms with Crippen LogP contribution in [0, 0.1) is 0 Å². The molecule has 0 fully saturated rings. The Kier molecular flexibility index (Phi) is 7.06. The molecule has 0 saturated carbocycles. The third-order valence-electron chi connectivity index (χ3n) is 3.13. The maximum absolute atomic E-state index is 12.1. The van der Waals surface area contributed by atoms with Crippen LogP contribution in [-0.2, 0) is 14.8 Å². The summed E-state index contributed by atoms with van der Waals surface area (Å²) in [6, 6.07) is 11.5. The summed E-state index contributed by atoms with van der Waals surface area (Å²) in [6.45, 7) is -3.01. The molecule has 2 aromatic carbocycles. The normalized spacial score (nSPS) is 11.4. The molecular formula is C16H15BrF2N2O4S. The fourth-order valence-electron chi connectivity index (χ4n) is 1.94. The van der Waals surface area contributed by atoms with Gasteiger partial charge in [0, 0.05) is 23.1 Å². The van der Waals surface area contributed by atoms with Crippen LogP contribution in [0.1, 0.15) is 6.42 Å². The van der Waals surface area contributed by atoms with E-state index in [1.165, 1.54) is 36.4 Å². The van der Waals surface area contributed by atoms with Gasteiger partial charge in [0.1, 0.15) is 5.75 Å². The molecule has 26 heavy (non-hydrogen) atoms. The van der Waals surface area contributed by atoms with E-state index >= 15 is 0 Å². The summed E-state index contributed by atoms with van der Waals surface area (Å²) in [5.74, 6) is -0.453. The smallest absolute Gasteiger partial charge is 0.387 e. The van der Waals surface area contributed by atoms with Crippen molar-refractivity contribution >= 4 is 37.5 Å². The molecule has 10 heteroatoms. The third-order valence-corrected chi connectivity index (χ3v) is 5.14. The van der Waals surface area contributed by atoms with Crippen molar-refractivity contribution in [3.63, 3.8) is 0 Å². The van der Waals surface area contributed by atoms with Crippen molar-refractivity contribution in [2.45, 2.75) is 17.9 Å². The van der Waals surface area contributed by atoms with Gasteiger partial charge in [0.05, 0.1) is 4.90 Å². The number of nitrogens with one attached hydrogen (secondary N) is 2. The number of amides is 1. The van der Waals surface area contributed by atoms with E-state index in [0.717, 1.165) is 4.47 Å². The second-order valence-electron chi connectivity index (χ2n) is 5.05. The summed E-state index contributed by atoms with van der Waals surface area (Å²) >= 11 is 3.22. The van der Waals surface area contributed by atoms with Crippen LogP contribution >= 0.6 is 15.9 Å². The molecule has 0 aromatic heterocycles. The average molecular weight is 449 g/mol. The van der Waals surface area contributed by atoms with Gasteiger partial charge >= 0.3 is 6.61 Å². The molecule has 0 spiro atoms. The van der Waals surface area contributed by atoms with Gasteiger partial charge in [0.2, 0.25) is 15.9 Å². The van der Waals surface area contributed by atoms with Crippen molar-refractivity contribution in [2.24, 2.45) is 0 Å². The molecule has 140 valence electrons. The van der Waals surface area contributed by atoms with Crippen LogP contribution in [0.4, 0.5) is 14.5 Å². The Morgan fingerprint density at radius 3 is 2.27 bits per heavy atom. The number of benzene rings is 2. The lowest BCUT2D eigenvalue weighted by atomic mass is 10.3. The summed E-state index contributed by atoms with van der Waals surface area (Å²) in [7, 11) is -3.70. The van der Waals surface area contributed by atoms with Crippen LogP contribution in [0.3, 0.4) is 0 Å². The number of anilines is 1. The third kappa shape index (κ3) is 6.36. The molecule has 2 rings (SSSR count). The number of carbonyl (C=O) groups excluding carboxylic acids is 1. The van der Waals surface area contributed by atoms with Crippen molar-refractivity contribution in [2.75, 3.05) is 11.9 Å². The second-order valence-corrected chi connectivity index (χ2v) is 7.74. The van der Waals surface area contributed by atoms with Gasteiger partial charge in [-0.25, -0.2) is 13.1 Å². The summed E-state index contributed by atoms with van der Waals surface area (Å²) in [4.78, 5) is 11.9. The van der Waals surface area contributed by atoms with Gasteiger partial charge in [0.25, 0.3) is 0 Å². The SMILES string of the molecule is O=C(CCNS(=O)(=O)c1ccc(Br)cc1)Nc1ccc(OC(F)F)cc1. The van der Waals surface area contributed by atoms with E-state index in [0.29, 0.717) is 5.69 Å². The zero-order chi connectivity index (χ0) is 19.2. The first-order valence-corrected chi connectivity index (χ1v) is 9.64. The number of hydrogen-bond acceptors (Lipinski definition) is 4. The highest BCUT2D eigenvalue weighted by molar-refractivity contribution is 9.10. The zero-order valence-electron chi connectivity index (χ0n) is 13.3. The summed E-state index contributed by atoms with van der Waals surface area (Å²) in [6.07, 6.45) is -0.0922. The molecule has 0 aliphatic rings. The van der Waals surface area contributed by atoms with Crippen molar-refractivity contribution in [3.8, 4) is 5.75 Å². The molecule has 2 N–H and O–H groups in total. The minimum absolute atomic E-state index is 0.0275. The molecule has 0 atom stereocenters. The molecule has 1 amide bonds. The maximum Gasteiger partial charge on any atom is 0.387 e. The fourth-order valence-corrected chi connectivity index (χ4v) is 3.24. The molecule has 0 aliphatic heterocycles. The Hall–Kier alpha value is -2.04. The van der Waals surface area contributed by atoms with Crippen molar-refractivity contribution in [1.29, 1.82) is 0 Å². The van der Waals surface area contributed by atoms with E-state index in [2.05, 4.69) is 30.7 Å². The average Bonchev–Trinajstić information content (AvgIpc) is 2.56. The van der Waals surface area contributed by atoms with Gasteiger partial charge in [-0.2, -0.15) is 8.78 Å². The number of ether oxygens (including phenoxy) is 1. The zero-order valence-corrected chi connectivity index (χ0v) is 15.7. The van der Waals surface area contributed by atoms with Crippen LogP contribution in [0.2, 0.25) is 0 Å². The van der Waals surface area contributed by atoms with Crippen molar-refractivity contribution in [1.82, 2.24) is 4.72 Å². The van der Waals surface area contributed by atoms with Gasteiger partial charge < -0.3 is 10.1 Å². The molecule has 0 saturated heterocycles. The van der Waals surface area contributed by atoms with Gasteiger partial charge in [-0.05, 0) is 48.5 Å². The van der Waals surface area contributed by atoms with Crippen LogP contribution in [0.15, 0.2) is 57.9 Å². The Labute approximate surface area is 157 Å². The highest BCUT2D eigenvalue weighted by Crippen LogP contribution is 2.18. The number of sulfonamides is 1. The van der Waals surface area contributed by atoms with Crippen molar-refractivity contribution in [3.05, 3.63) is 53.0 Å². The number of halogens is 3. The first-order chi connectivity index (χ1) is 12.3. The quantitative estimate of drug-likeness (QED) is 0.648. The summed E-state index contributed by atoms with van der Waals surface area (Å²) < 4.78 is 55.6. The van der Waals surface area contributed by atoms with Crippen LogP contribution < -0.4 is 14.8 Å². The first kappa shape index (κ1) is 20.3. The second kappa shape index (κ2) is 9.06. The molecule has 0 unspecified atom stereocenters. The van der Waals surface area contributed by atoms with E-state index < -0.39 is 22.5 Å². The Morgan fingerprint density at radius 1 is 1.08 bits per heavy atom. The summed E-state index contributed by atoms with van der Waals surface area (Å²) in [5.41, 5.74) is 0.382. The molecule has 0 bridgehead atoms. The number of hydrogen-bond donors (Lipinski definition) is 2. The molecular weight excluding hydrogens is 434 g/mol. The van der Waals surface area contributed by atoms with E-state index in [-0.39, 0.29) is 23.6 Å². The van der Waals surface area contributed by atoms with Crippen LogP contribution in [0.25, 0.3) is 0 Å². The maximum atomic E-state index is 12.1. The monoisotopic (exact) mass is 448 g/mol. The minimum atomic E-state index is -3.70. The lowest BCUT2D eigenvalue weighted by Gasteiger charge is -2.09. The molecule has 0 heterocycles. The highest BCUT2D eigenvalue weighted by Gasteiger charge is 2.14. The Bertz CT molecular complexity index is 844. The fraction of sp³-hybridized carbons (Fsp3) is 0.188. The molecule has 2 aromatic rings. The van der Waals surface area contributed by atoms with Gasteiger partial charge in [-0.1, -0.05) is 15.9 Å². The standard InChI is InChI=1S/C16H15BrF2N2O4S/c17-11-1-7-14(8-2-11)26(23,24)20-10-9-15(22)21-12-3-5-13(6-4-12)25-16(18)19/h1-8,16,20H,9-10H2,(H,21,22). The van der Waals surface area contributed by atoms with E-state index in [4.69, 9.17) is 0 Å². The van der Waals surface area contributed by atoms with Gasteiger partial charge in [-0.15, -0.1) is 0 Å². The van der Waals surface area contributed by atoms with Crippen LogP contribution in [0.5, 0.6) is 5.75 Å². The lowest BCUT2D eigenvalue weighted by molar-refractivity contribution is -0.116. The number of carbonyl (C=O) groups is 1. The van der Waals surface area contributed by atoms with E-state index in [1.807, 2.05) is 0 Å². The highest BCUT2D eigenvalue weighted by atomic mass is 79.9. The van der Waals surface area contributed by atoms with E-state index in [1.54, 1.807) is 12.1 Å². The molecule has 0 aliphatic carbocycles. The topological polar surface area (TPSA) is 84.5 Å². The number of rotatable bonds is 8. The number of alkyl halides is 2. The largest absolute Gasteiger partial charge is 0.435 e. The van der Waals surface area contributed by atoms with Crippen LogP contribution in [-0.4, -0.2) is 27.5 Å². The van der Waals surface area contributed by atoms with Crippen molar-refractivity contribution < 1.29 is 26.7 Å². The summed E-state index contributed by atoms with van der Waals surface area (Å²) in [5, 5.41) is 2.53. The first-order valence-electron chi connectivity index (χ1n) is 7.36. The Balaban J connectivity index is 1.82. The lowest BCUT2D eigenvalue weighted by Crippen LogP contribution is -2.27. The predicted molar refractivity (Wildman–Crippen MR) is 95.7 cm³/mol. The van der Waals surface area contributed by atoms with Gasteiger partial charge in [-0.3, -0.25) is 4.79 Å². The molecule has 0 radical (unpaired) electrons. The van der Waals surface area contributed by atoms with Gasteiger partial charge in [0.15, 0.2) is 0 Å². The predicted octanol–water partition coefficient (Wildman–Crippen LogP) is 3.36. The minimum Gasteiger partial charge on any atom is -0.435 e. The van der Waals surface area contributed by atoms with E-state index in [9.17, 15) is 22.0 Å². The molecule has 6 nitrogen and oxygen atoms in total.